The summed E-state index contributed by atoms with van der Waals surface area (Å²) in [5, 5.41) is 6.04. The molecular formula is C14H16N4O. The lowest BCUT2D eigenvalue weighted by molar-refractivity contribution is 0.251. The second-order valence-corrected chi connectivity index (χ2v) is 4.54. The zero-order valence-corrected chi connectivity index (χ0v) is 10.7. The molecule has 3 rings (SSSR count). The maximum absolute atomic E-state index is 12.0. The van der Waals surface area contributed by atoms with E-state index in [-0.39, 0.29) is 12.1 Å². The van der Waals surface area contributed by atoms with Crippen molar-refractivity contribution in [2.45, 2.75) is 6.04 Å². The summed E-state index contributed by atoms with van der Waals surface area (Å²) in [7, 11) is 1.87. The SMILES string of the molecule is CNc1ccc(N2CC(c3ccc[nH]3)NC2=O)cc1. The first-order chi connectivity index (χ1) is 9.28. The monoisotopic (exact) mass is 256 g/mol. The number of hydrogen-bond acceptors (Lipinski definition) is 2. The van der Waals surface area contributed by atoms with Crippen molar-refractivity contribution in [3.63, 3.8) is 0 Å². The molecule has 5 heteroatoms. The minimum Gasteiger partial charge on any atom is -0.388 e. The molecule has 0 bridgehead atoms. The molecule has 3 N–H and O–H groups in total. The van der Waals surface area contributed by atoms with Gasteiger partial charge >= 0.3 is 6.03 Å². The molecule has 2 heterocycles. The van der Waals surface area contributed by atoms with Gasteiger partial charge in [0.05, 0.1) is 12.6 Å². The van der Waals surface area contributed by atoms with E-state index in [1.54, 1.807) is 4.90 Å². The molecule has 5 nitrogen and oxygen atoms in total. The van der Waals surface area contributed by atoms with Crippen LogP contribution in [0.25, 0.3) is 0 Å². The molecule has 1 unspecified atom stereocenters. The van der Waals surface area contributed by atoms with E-state index >= 15 is 0 Å². The summed E-state index contributed by atoms with van der Waals surface area (Å²) in [6.07, 6.45) is 1.87. The molecule has 1 fully saturated rings. The number of carbonyl (C=O) groups excluding carboxylic acids is 1. The van der Waals surface area contributed by atoms with Crippen molar-refractivity contribution < 1.29 is 4.79 Å². The lowest BCUT2D eigenvalue weighted by Crippen LogP contribution is -2.27. The Kier molecular flexibility index (Phi) is 2.87. The average Bonchev–Trinajstić information content (AvgIpc) is 3.08. The van der Waals surface area contributed by atoms with Crippen molar-refractivity contribution >= 4 is 17.4 Å². The van der Waals surface area contributed by atoms with Crippen molar-refractivity contribution in [3.8, 4) is 0 Å². The molecule has 1 aromatic carbocycles. The first-order valence-corrected chi connectivity index (χ1v) is 6.27. The molecule has 98 valence electrons. The molecule has 0 saturated carbocycles. The molecule has 0 spiro atoms. The number of carbonyl (C=O) groups is 1. The number of anilines is 2. The second-order valence-electron chi connectivity index (χ2n) is 4.54. The summed E-state index contributed by atoms with van der Waals surface area (Å²) in [5.74, 6) is 0. The van der Waals surface area contributed by atoms with Crippen LogP contribution in [0.15, 0.2) is 42.6 Å². The molecule has 1 aliphatic heterocycles. The fourth-order valence-corrected chi connectivity index (χ4v) is 2.31. The topological polar surface area (TPSA) is 60.2 Å². The number of rotatable bonds is 3. The predicted octanol–water partition coefficient (Wildman–Crippen LogP) is 2.33. The van der Waals surface area contributed by atoms with E-state index in [0.717, 1.165) is 17.1 Å². The molecule has 1 atom stereocenters. The Labute approximate surface area is 111 Å². The Hall–Kier alpha value is -2.43. The minimum absolute atomic E-state index is 0.0199. The van der Waals surface area contributed by atoms with Gasteiger partial charge in [-0.3, -0.25) is 4.90 Å². The van der Waals surface area contributed by atoms with Gasteiger partial charge in [-0.05, 0) is 36.4 Å². The van der Waals surface area contributed by atoms with Gasteiger partial charge in [0.15, 0.2) is 0 Å². The van der Waals surface area contributed by atoms with Gasteiger partial charge in [-0.1, -0.05) is 0 Å². The number of aromatic nitrogens is 1. The first-order valence-electron chi connectivity index (χ1n) is 6.27. The van der Waals surface area contributed by atoms with E-state index in [2.05, 4.69) is 15.6 Å². The van der Waals surface area contributed by atoms with Crippen LogP contribution < -0.4 is 15.5 Å². The van der Waals surface area contributed by atoms with Crippen LogP contribution in [0.4, 0.5) is 16.2 Å². The zero-order chi connectivity index (χ0) is 13.2. The third-order valence-electron chi connectivity index (χ3n) is 3.37. The minimum atomic E-state index is -0.0585. The van der Waals surface area contributed by atoms with Crippen molar-refractivity contribution in [2.24, 2.45) is 0 Å². The Bertz CT molecular complexity index is 562. The van der Waals surface area contributed by atoms with Gasteiger partial charge in [0.1, 0.15) is 0 Å². The standard InChI is InChI=1S/C14H16N4O/c1-15-10-4-6-11(7-5-10)18-9-13(17-14(18)19)12-3-2-8-16-12/h2-8,13,15-16H,9H2,1H3,(H,17,19). The van der Waals surface area contributed by atoms with Gasteiger partial charge in [0, 0.05) is 30.3 Å². The molecule has 19 heavy (non-hydrogen) atoms. The van der Waals surface area contributed by atoms with Crippen LogP contribution in [-0.4, -0.2) is 24.6 Å². The normalized spacial score (nSPS) is 18.5. The Morgan fingerprint density at radius 1 is 1.26 bits per heavy atom. The Balaban J connectivity index is 1.79. The quantitative estimate of drug-likeness (QED) is 0.789. The number of amides is 2. The molecule has 1 aliphatic rings. The molecular weight excluding hydrogens is 240 g/mol. The Morgan fingerprint density at radius 3 is 2.68 bits per heavy atom. The number of H-pyrrole nitrogens is 1. The molecule has 1 saturated heterocycles. The van der Waals surface area contributed by atoms with Gasteiger partial charge < -0.3 is 15.6 Å². The summed E-state index contributed by atoms with van der Waals surface area (Å²) < 4.78 is 0. The van der Waals surface area contributed by atoms with E-state index in [9.17, 15) is 4.79 Å². The highest BCUT2D eigenvalue weighted by atomic mass is 16.2. The van der Waals surface area contributed by atoms with E-state index in [0.29, 0.717) is 6.54 Å². The molecule has 1 aromatic heterocycles. The van der Waals surface area contributed by atoms with Gasteiger partial charge in [0.25, 0.3) is 0 Å². The Morgan fingerprint density at radius 2 is 2.05 bits per heavy atom. The van der Waals surface area contributed by atoms with Crippen LogP contribution in [0.2, 0.25) is 0 Å². The maximum atomic E-state index is 12.0. The fourth-order valence-electron chi connectivity index (χ4n) is 2.31. The highest BCUT2D eigenvalue weighted by Gasteiger charge is 2.31. The van der Waals surface area contributed by atoms with Gasteiger partial charge in [-0.2, -0.15) is 0 Å². The molecule has 0 aliphatic carbocycles. The van der Waals surface area contributed by atoms with Crippen LogP contribution in [0.3, 0.4) is 0 Å². The number of aromatic amines is 1. The van der Waals surface area contributed by atoms with Crippen molar-refractivity contribution in [3.05, 3.63) is 48.3 Å². The van der Waals surface area contributed by atoms with Crippen molar-refractivity contribution in [1.82, 2.24) is 10.3 Å². The molecule has 2 aromatic rings. The van der Waals surface area contributed by atoms with Crippen LogP contribution in [0.5, 0.6) is 0 Å². The van der Waals surface area contributed by atoms with Crippen LogP contribution in [0, 0.1) is 0 Å². The summed E-state index contributed by atoms with van der Waals surface area (Å²) in [4.78, 5) is 16.9. The third-order valence-corrected chi connectivity index (χ3v) is 3.37. The number of benzene rings is 1. The third kappa shape index (κ3) is 2.14. The van der Waals surface area contributed by atoms with Crippen LogP contribution in [0.1, 0.15) is 11.7 Å². The molecule has 0 radical (unpaired) electrons. The summed E-state index contributed by atoms with van der Waals surface area (Å²) in [6, 6.07) is 11.7. The van der Waals surface area contributed by atoms with E-state index < -0.39 is 0 Å². The van der Waals surface area contributed by atoms with Crippen LogP contribution in [-0.2, 0) is 0 Å². The lowest BCUT2D eigenvalue weighted by atomic mass is 10.2. The highest BCUT2D eigenvalue weighted by Crippen LogP contribution is 2.25. The number of urea groups is 1. The van der Waals surface area contributed by atoms with Crippen LogP contribution >= 0.6 is 0 Å². The fraction of sp³-hybridized carbons (Fsp3) is 0.214. The number of nitrogens with one attached hydrogen (secondary N) is 3. The summed E-state index contributed by atoms with van der Waals surface area (Å²) in [6.45, 7) is 0.637. The summed E-state index contributed by atoms with van der Waals surface area (Å²) in [5.41, 5.74) is 2.97. The number of hydrogen-bond donors (Lipinski definition) is 3. The van der Waals surface area contributed by atoms with E-state index in [1.807, 2.05) is 49.6 Å². The molecule has 2 amide bonds. The smallest absolute Gasteiger partial charge is 0.322 e. The van der Waals surface area contributed by atoms with Gasteiger partial charge in [0.2, 0.25) is 0 Å². The number of nitrogens with zero attached hydrogens (tertiary/aromatic N) is 1. The maximum Gasteiger partial charge on any atom is 0.322 e. The first kappa shape index (κ1) is 11.6. The summed E-state index contributed by atoms with van der Waals surface area (Å²) >= 11 is 0. The zero-order valence-electron chi connectivity index (χ0n) is 10.7. The van der Waals surface area contributed by atoms with Crippen molar-refractivity contribution in [1.29, 1.82) is 0 Å². The van der Waals surface area contributed by atoms with Crippen molar-refractivity contribution in [2.75, 3.05) is 23.8 Å². The second kappa shape index (κ2) is 4.68. The van der Waals surface area contributed by atoms with Gasteiger partial charge in [-0.15, -0.1) is 0 Å². The predicted molar refractivity (Wildman–Crippen MR) is 75.4 cm³/mol. The van der Waals surface area contributed by atoms with E-state index in [4.69, 9.17) is 0 Å². The largest absolute Gasteiger partial charge is 0.388 e. The highest BCUT2D eigenvalue weighted by molar-refractivity contribution is 5.94. The van der Waals surface area contributed by atoms with E-state index in [1.165, 1.54) is 0 Å². The lowest BCUT2D eigenvalue weighted by Gasteiger charge is -2.15. The van der Waals surface area contributed by atoms with Gasteiger partial charge in [-0.25, -0.2) is 4.79 Å². The average molecular weight is 256 g/mol.